The van der Waals surface area contributed by atoms with E-state index in [1.807, 2.05) is 0 Å². The third-order valence-electron chi connectivity index (χ3n) is 2.97. The molecule has 0 heterocycles. The fourth-order valence-corrected chi connectivity index (χ4v) is 2.86. The molecule has 0 aromatic heterocycles. The van der Waals surface area contributed by atoms with Gasteiger partial charge in [-0.1, -0.05) is 19.3 Å². The summed E-state index contributed by atoms with van der Waals surface area (Å²) in [6.07, 6.45) is 4.83. The second-order valence-corrected chi connectivity index (χ2v) is 6.22. The fraction of sp³-hybridized carbons (Fsp3) is 0.909. The highest BCUT2D eigenvalue weighted by atomic mass is 32.2. The molecule has 1 saturated carbocycles. The quantitative estimate of drug-likeness (QED) is 0.550. The molecule has 0 saturated heterocycles. The van der Waals surface area contributed by atoms with Crippen molar-refractivity contribution in [1.29, 1.82) is 0 Å². The van der Waals surface area contributed by atoms with Crippen LogP contribution in [0.3, 0.4) is 0 Å². The number of nitrogens with one attached hydrogen (secondary N) is 1. The Kier molecular flexibility index (Phi) is 6.04. The smallest absolute Gasteiger partial charge is 0.302 e. The Bertz CT molecular complexity index is 362. The van der Waals surface area contributed by atoms with E-state index in [1.165, 1.54) is 13.3 Å². The first kappa shape index (κ1) is 15.4. The van der Waals surface area contributed by atoms with Crippen molar-refractivity contribution in [3.8, 4) is 0 Å². The van der Waals surface area contributed by atoms with Gasteiger partial charge in [0, 0.05) is 19.5 Å². The first-order valence-corrected chi connectivity index (χ1v) is 7.83. The molecule has 0 spiro atoms. The van der Waals surface area contributed by atoms with Crippen LogP contribution in [0.1, 0.15) is 39.0 Å². The Morgan fingerprint density at radius 2 is 2.00 bits per heavy atom. The average Bonchev–Trinajstić information content (AvgIpc) is 2.24. The third kappa shape index (κ3) is 6.93. The SMILES string of the molecule is CC(=O)OC(CNC1CCCCC1)CS(=O)(=O)O. The van der Waals surface area contributed by atoms with Crippen molar-refractivity contribution >= 4 is 16.1 Å². The summed E-state index contributed by atoms with van der Waals surface area (Å²) in [5.41, 5.74) is 0. The van der Waals surface area contributed by atoms with Gasteiger partial charge in [-0.25, -0.2) is 0 Å². The number of hydrogen-bond donors (Lipinski definition) is 2. The molecule has 0 aromatic rings. The van der Waals surface area contributed by atoms with E-state index in [2.05, 4.69) is 5.32 Å². The Morgan fingerprint density at radius 1 is 1.39 bits per heavy atom. The fourth-order valence-electron chi connectivity index (χ4n) is 2.21. The predicted octanol–water partition coefficient (Wildman–Crippen LogP) is 0.728. The van der Waals surface area contributed by atoms with Gasteiger partial charge in [0.05, 0.1) is 0 Å². The lowest BCUT2D eigenvalue weighted by atomic mass is 9.95. The summed E-state index contributed by atoms with van der Waals surface area (Å²) in [4.78, 5) is 10.9. The summed E-state index contributed by atoms with van der Waals surface area (Å²) in [5.74, 6) is -1.11. The van der Waals surface area contributed by atoms with Crippen molar-refractivity contribution in [1.82, 2.24) is 5.32 Å². The molecular weight excluding hydrogens is 258 g/mol. The van der Waals surface area contributed by atoms with E-state index in [1.54, 1.807) is 0 Å². The van der Waals surface area contributed by atoms with E-state index in [9.17, 15) is 13.2 Å². The molecule has 1 rings (SSSR count). The Balaban J connectivity index is 2.41. The van der Waals surface area contributed by atoms with Crippen molar-refractivity contribution in [2.45, 2.75) is 51.2 Å². The monoisotopic (exact) mass is 279 g/mol. The summed E-state index contributed by atoms with van der Waals surface area (Å²) in [7, 11) is -4.14. The maximum atomic E-state index is 10.9. The summed E-state index contributed by atoms with van der Waals surface area (Å²) in [5, 5.41) is 3.20. The molecule has 18 heavy (non-hydrogen) atoms. The lowest BCUT2D eigenvalue weighted by Crippen LogP contribution is -2.41. The van der Waals surface area contributed by atoms with E-state index in [0.717, 1.165) is 25.7 Å². The third-order valence-corrected chi connectivity index (χ3v) is 3.76. The standard InChI is InChI=1S/C11H21NO5S/c1-9(13)17-11(8-18(14,15)16)7-12-10-5-3-2-4-6-10/h10-12H,2-8H2,1H3,(H,14,15,16). The molecule has 0 bridgehead atoms. The van der Waals surface area contributed by atoms with Crippen LogP contribution in [0.4, 0.5) is 0 Å². The van der Waals surface area contributed by atoms with E-state index >= 15 is 0 Å². The second-order valence-electron chi connectivity index (χ2n) is 4.72. The minimum absolute atomic E-state index is 0.254. The number of carbonyl (C=O) groups excluding carboxylic acids is 1. The summed E-state index contributed by atoms with van der Waals surface area (Å²) < 4.78 is 35.3. The molecule has 1 aliphatic rings. The van der Waals surface area contributed by atoms with Crippen LogP contribution in [0.15, 0.2) is 0 Å². The molecule has 0 aromatic carbocycles. The zero-order valence-corrected chi connectivity index (χ0v) is 11.4. The van der Waals surface area contributed by atoms with Crippen LogP contribution >= 0.6 is 0 Å². The molecule has 0 radical (unpaired) electrons. The van der Waals surface area contributed by atoms with Crippen LogP contribution in [0, 0.1) is 0 Å². The van der Waals surface area contributed by atoms with E-state index < -0.39 is 27.9 Å². The highest BCUT2D eigenvalue weighted by molar-refractivity contribution is 7.85. The van der Waals surface area contributed by atoms with Gasteiger partial charge in [-0.3, -0.25) is 9.35 Å². The molecule has 1 aliphatic carbocycles. The van der Waals surface area contributed by atoms with Crippen molar-refractivity contribution < 1.29 is 22.5 Å². The van der Waals surface area contributed by atoms with Gasteiger partial charge in [-0.2, -0.15) is 8.42 Å². The molecule has 7 heteroatoms. The number of hydrogen-bond acceptors (Lipinski definition) is 5. The maximum absolute atomic E-state index is 10.9. The van der Waals surface area contributed by atoms with Crippen LogP contribution in [-0.2, 0) is 19.6 Å². The summed E-state index contributed by atoms with van der Waals surface area (Å²) >= 11 is 0. The first-order valence-electron chi connectivity index (χ1n) is 6.22. The van der Waals surface area contributed by atoms with Crippen molar-refractivity contribution in [2.75, 3.05) is 12.3 Å². The van der Waals surface area contributed by atoms with Crippen LogP contribution in [0.5, 0.6) is 0 Å². The lowest BCUT2D eigenvalue weighted by molar-refractivity contribution is -0.145. The Labute approximate surface area is 108 Å². The van der Waals surface area contributed by atoms with Gasteiger partial charge in [-0.05, 0) is 12.8 Å². The molecule has 0 aliphatic heterocycles. The topological polar surface area (TPSA) is 92.7 Å². The van der Waals surface area contributed by atoms with Crippen molar-refractivity contribution in [3.63, 3.8) is 0 Å². The number of ether oxygens (including phenoxy) is 1. The summed E-state index contributed by atoms with van der Waals surface area (Å²) in [6, 6.07) is 0.346. The molecule has 2 N–H and O–H groups in total. The van der Waals surface area contributed by atoms with Crippen LogP contribution in [0.2, 0.25) is 0 Å². The molecule has 1 fully saturated rings. The maximum Gasteiger partial charge on any atom is 0.302 e. The molecule has 1 unspecified atom stereocenters. The van der Waals surface area contributed by atoms with E-state index in [-0.39, 0.29) is 6.54 Å². The van der Waals surface area contributed by atoms with Gasteiger partial charge in [0.15, 0.2) is 0 Å². The second kappa shape index (κ2) is 7.06. The van der Waals surface area contributed by atoms with Gasteiger partial charge in [0.25, 0.3) is 10.1 Å². The Morgan fingerprint density at radius 3 is 2.50 bits per heavy atom. The predicted molar refractivity (Wildman–Crippen MR) is 66.8 cm³/mol. The molecule has 1 atom stereocenters. The van der Waals surface area contributed by atoms with E-state index in [0.29, 0.717) is 6.04 Å². The number of rotatable bonds is 6. The zero-order valence-electron chi connectivity index (χ0n) is 10.6. The number of carbonyl (C=O) groups is 1. The van der Waals surface area contributed by atoms with Gasteiger partial charge in [0.2, 0.25) is 0 Å². The van der Waals surface area contributed by atoms with Gasteiger partial charge in [0.1, 0.15) is 11.9 Å². The van der Waals surface area contributed by atoms with Gasteiger partial charge < -0.3 is 10.1 Å². The zero-order chi connectivity index (χ0) is 13.6. The molecule has 6 nitrogen and oxygen atoms in total. The van der Waals surface area contributed by atoms with Gasteiger partial charge >= 0.3 is 5.97 Å². The normalized spacial score (nSPS) is 19.4. The molecule has 106 valence electrons. The lowest BCUT2D eigenvalue weighted by Gasteiger charge is -2.25. The minimum Gasteiger partial charge on any atom is -0.460 e. The van der Waals surface area contributed by atoms with Crippen molar-refractivity contribution in [2.24, 2.45) is 0 Å². The van der Waals surface area contributed by atoms with Crippen molar-refractivity contribution in [3.05, 3.63) is 0 Å². The average molecular weight is 279 g/mol. The van der Waals surface area contributed by atoms with Crippen LogP contribution in [0.25, 0.3) is 0 Å². The van der Waals surface area contributed by atoms with Crippen LogP contribution in [-0.4, -0.2) is 43.4 Å². The largest absolute Gasteiger partial charge is 0.460 e. The Hall–Kier alpha value is -0.660. The minimum atomic E-state index is -4.14. The van der Waals surface area contributed by atoms with Crippen LogP contribution < -0.4 is 5.32 Å². The molecular formula is C11H21NO5S. The van der Waals surface area contributed by atoms with E-state index in [4.69, 9.17) is 9.29 Å². The highest BCUT2D eigenvalue weighted by Gasteiger charge is 2.21. The molecule has 0 amide bonds. The highest BCUT2D eigenvalue weighted by Crippen LogP contribution is 2.17. The first-order chi connectivity index (χ1) is 8.37. The van der Waals surface area contributed by atoms with Gasteiger partial charge in [-0.15, -0.1) is 0 Å². The summed E-state index contributed by atoms with van der Waals surface area (Å²) in [6.45, 7) is 1.47. The number of esters is 1.